The zero-order valence-corrected chi connectivity index (χ0v) is 12.9. The Hall–Kier alpha value is -2.64. The maximum Gasteiger partial charge on any atom is 0.340 e. The van der Waals surface area contributed by atoms with Crippen LogP contribution in [-0.4, -0.2) is 40.9 Å². The van der Waals surface area contributed by atoms with Gasteiger partial charge in [-0.3, -0.25) is 14.9 Å². The first-order chi connectivity index (χ1) is 10.9. The van der Waals surface area contributed by atoms with Crippen molar-refractivity contribution in [2.24, 2.45) is 0 Å². The van der Waals surface area contributed by atoms with E-state index in [1.807, 2.05) is 6.92 Å². The summed E-state index contributed by atoms with van der Waals surface area (Å²) >= 11 is 0. The summed E-state index contributed by atoms with van der Waals surface area (Å²) in [5.41, 5.74) is 5.38. The van der Waals surface area contributed by atoms with Gasteiger partial charge >= 0.3 is 5.97 Å². The molecule has 1 atom stereocenters. The van der Waals surface area contributed by atoms with E-state index in [0.29, 0.717) is 6.54 Å². The lowest BCUT2D eigenvalue weighted by Crippen LogP contribution is -2.44. The molecule has 1 aromatic rings. The molecule has 1 fully saturated rings. The molecule has 1 aromatic carbocycles. The minimum atomic E-state index is -0.768. The third-order valence-corrected chi connectivity index (χ3v) is 3.92. The number of carbonyl (C=O) groups excluding carboxylic acids is 2. The highest BCUT2D eigenvalue weighted by atomic mass is 16.6. The average Bonchev–Trinajstić information content (AvgIpc) is 2.52. The quantitative estimate of drug-likeness (QED) is 0.391. The average molecular weight is 321 g/mol. The van der Waals surface area contributed by atoms with E-state index < -0.39 is 10.9 Å². The van der Waals surface area contributed by atoms with Crippen LogP contribution in [0.25, 0.3) is 0 Å². The SMILES string of the molecule is C[C@@H]1CCCCN1C(=O)COC(=O)c1ccc([N+](=O)[O-])cc1N. The molecule has 1 aliphatic heterocycles. The van der Waals surface area contributed by atoms with E-state index in [1.54, 1.807) is 4.90 Å². The first-order valence-electron chi connectivity index (χ1n) is 7.40. The molecule has 0 radical (unpaired) electrons. The molecule has 8 nitrogen and oxygen atoms in total. The van der Waals surface area contributed by atoms with Crippen LogP contribution in [0.2, 0.25) is 0 Å². The number of piperidine rings is 1. The number of nitrogens with two attached hydrogens (primary N) is 1. The van der Waals surface area contributed by atoms with Crippen molar-refractivity contribution < 1.29 is 19.2 Å². The number of benzene rings is 1. The van der Waals surface area contributed by atoms with E-state index >= 15 is 0 Å². The van der Waals surface area contributed by atoms with Gasteiger partial charge in [0.25, 0.3) is 11.6 Å². The van der Waals surface area contributed by atoms with Crippen LogP contribution in [0.5, 0.6) is 0 Å². The summed E-state index contributed by atoms with van der Waals surface area (Å²) in [7, 11) is 0. The molecule has 0 aliphatic carbocycles. The molecule has 2 N–H and O–H groups in total. The smallest absolute Gasteiger partial charge is 0.340 e. The Morgan fingerprint density at radius 1 is 1.43 bits per heavy atom. The Kier molecular flexibility index (Phi) is 5.15. The summed E-state index contributed by atoms with van der Waals surface area (Å²) in [5, 5.41) is 10.6. The maximum absolute atomic E-state index is 12.1. The first kappa shape index (κ1) is 16.7. The zero-order valence-electron chi connectivity index (χ0n) is 12.9. The lowest BCUT2D eigenvalue weighted by Gasteiger charge is -2.33. The predicted octanol–water partition coefficient (Wildman–Crippen LogP) is 1.73. The van der Waals surface area contributed by atoms with E-state index in [-0.39, 0.29) is 35.5 Å². The molecule has 0 bridgehead atoms. The fourth-order valence-corrected chi connectivity index (χ4v) is 2.61. The second-order valence-corrected chi connectivity index (χ2v) is 5.54. The monoisotopic (exact) mass is 321 g/mol. The number of nitrogen functional groups attached to an aromatic ring is 1. The van der Waals surface area contributed by atoms with Gasteiger partial charge < -0.3 is 15.4 Å². The number of carbonyl (C=O) groups is 2. The third-order valence-electron chi connectivity index (χ3n) is 3.92. The molecule has 1 amide bonds. The highest BCUT2D eigenvalue weighted by Gasteiger charge is 2.24. The summed E-state index contributed by atoms with van der Waals surface area (Å²) in [6.07, 6.45) is 2.97. The Morgan fingerprint density at radius 2 is 2.17 bits per heavy atom. The summed E-state index contributed by atoms with van der Waals surface area (Å²) in [6, 6.07) is 3.62. The lowest BCUT2D eigenvalue weighted by molar-refractivity contribution is -0.384. The van der Waals surface area contributed by atoms with Crippen molar-refractivity contribution in [1.29, 1.82) is 0 Å². The topological polar surface area (TPSA) is 116 Å². The number of rotatable bonds is 4. The lowest BCUT2D eigenvalue weighted by atomic mass is 10.0. The molecule has 1 saturated heterocycles. The summed E-state index contributed by atoms with van der Waals surface area (Å²) in [5.74, 6) is -1.01. The normalized spacial score (nSPS) is 17.6. The molecule has 0 spiro atoms. The minimum absolute atomic E-state index is 0.00935. The number of anilines is 1. The maximum atomic E-state index is 12.1. The van der Waals surface area contributed by atoms with Crippen LogP contribution in [0.3, 0.4) is 0 Å². The van der Waals surface area contributed by atoms with Gasteiger partial charge in [0.15, 0.2) is 6.61 Å². The molecule has 0 aromatic heterocycles. The number of ether oxygens (including phenoxy) is 1. The second-order valence-electron chi connectivity index (χ2n) is 5.54. The Labute approximate surface area is 133 Å². The number of nitro groups is 1. The van der Waals surface area contributed by atoms with Gasteiger partial charge in [0.05, 0.1) is 16.2 Å². The van der Waals surface area contributed by atoms with Crippen LogP contribution in [0.15, 0.2) is 18.2 Å². The molecular formula is C15H19N3O5. The van der Waals surface area contributed by atoms with Crippen LogP contribution in [-0.2, 0) is 9.53 Å². The highest BCUT2D eigenvalue weighted by molar-refractivity contribution is 5.96. The number of hydrogen-bond donors (Lipinski definition) is 1. The fourth-order valence-electron chi connectivity index (χ4n) is 2.61. The number of likely N-dealkylation sites (tertiary alicyclic amines) is 1. The van der Waals surface area contributed by atoms with Gasteiger partial charge in [0.2, 0.25) is 0 Å². The number of amides is 1. The molecule has 124 valence electrons. The molecule has 2 rings (SSSR count). The van der Waals surface area contributed by atoms with E-state index in [2.05, 4.69) is 0 Å². The number of non-ortho nitro benzene ring substituents is 1. The van der Waals surface area contributed by atoms with Gasteiger partial charge in [-0.25, -0.2) is 4.79 Å². The number of nitrogens with zero attached hydrogens (tertiary/aromatic N) is 2. The second kappa shape index (κ2) is 7.08. The predicted molar refractivity (Wildman–Crippen MR) is 82.8 cm³/mol. The molecule has 8 heteroatoms. The van der Waals surface area contributed by atoms with Crippen LogP contribution < -0.4 is 5.73 Å². The Balaban J connectivity index is 1.97. The Bertz CT molecular complexity index is 632. The molecule has 23 heavy (non-hydrogen) atoms. The van der Waals surface area contributed by atoms with Gasteiger partial charge in [-0.2, -0.15) is 0 Å². The van der Waals surface area contributed by atoms with E-state index in [1.165, 1.54) is 12.1 Å². The first-order valence-corrected chi connectivity index (χ1v) is 7.40. The summed E-state index contributed by atoms with van der Waals surface area (Å²) < 4.78 is 4.99. The minimum Gasteiger partial charge on any atom is -0.452 e. The van der Waals surface area contributed by atoms with Crippen molar-refractivity contribution in [3.63, 3.8) is 0 Å². The van der Waals surface area contributed by atoms with Crippen molar-refractivity contribution in [3.05, 3.63) is 33.9 Å². The number of hydrogen-bond acceptors (Lipinski definition) is 6. The van der Waals surface area contributed by atoms with Gasteiger partial charge in [-0.15, -0.1) is 0 Å². The van der Waals surface area contributed by atoms with Crippen LogP contribution in [0.4, 0.5) is 11.4 Å². The zero-order chi connectivity index (χ0) is 17.0. The molecule has 1 aliphatic rings. The van der Waals surface area contributed by atoms with Crippen LogP contribution >= 0.6 is 0 Å². The highest BCUT2D eigenvalue weighted by Crippen LogP contribution is 2.21. The van der Waals surface area contributed by atoms with Crippen LogP contribution in [0, 0.1) is 10.1 Å². The van der Waals surface area contributed by atoms with Gasteiger partial charge in [-0.1, -0.05) is 0 Å². The molecule has 0 saturated carbocycles. The molecular weight excluding hydrogens is 302 g/mol. The van der Waals surface area contributed by atoms with Crippen molar-refractivity contribution >= 4 is 23.3 Å². The Morgan fingerprint density at radius 3 is 2.78 bits per heavy atom. The van der Waals surface area contributed by atoms with Crippen molar-refractivity contribution in [1.82, 2.24) is 4.90 Å². The van der Waals surface area contributed by atoms with E-state index in [9.17, 15) is 19.7 Å². The third kappa shape index (κ3) is 3.97. The summed E-state index contributed by atoms with van der Waals surface area (Å²) in [4.78, 5) is 35.8. The molecule has 0 unspecified atom stereocenters. The van der Waals surface area contributed by atoms with Gasteiger partial charge in [0.1, 0.15) is 0 Å². The summed E-state index contributed by atoms with van der Waals surface area (Å²) in [6.45, 7) is 2.27. The van der Waals surface area contributed by atoms with Gasteiger partial charge in [0, 0.05) is 24.7 Å². The van der Waals surface area contributed by atoms with Crippen molar-refractivity contribution in [2.75, 3.05) is 18.9 Å². The van der Waals surface area contributed by atoms with E-state index in [4.69, 9.17) is 10.5 Å². The number of nitro benzene ring substituents is 1. The number of esters is 1. The van der Waals surface area contributed by atoms with Gasteiger partial charge in [-0.05, 0) is 32.3 Å². The van der Waals surface area contributed by atoms with Crippen molar-refractivity contribution in [2.45, 2.75) is 32.2 Å². The van der Waals surface area contributed by atoms with Crippen molar-refractivity contribution in [3.8, 4) is 0 Å². The largest absolute Gasteiger partial charge is 0.452 e. The standard InChI is InChI=1S/C15H19N3O5/c1-10-4-2-3-7-17(10)14(19)9-23-15(20)12-6-5-11(18(21)22)8-13(12)16/h5-6,8,10H,2-4,7,9,16H2,1H3/t10-/m1/s1. The van der Waals surface area contributed by atoms with E-state index in [0.717, 1.165) is 25.3 Å². The fraction of sp³-hybridized carbons (Fsp3) is 0.467. The molecule has 1 heterocycles. The van der Waals surface area contributed by atoms with Crippen LogP contribution in [0.1, 0.15) is 36.5 Å².